The van der Waals surface area contributed by atoms with Crippen molar-refractivity contribution in [3.8, 4) is 0 Å². The maximum Gasteiger partial charge on any atom is 0.276 e. The van der Waals surface area contributed by atoms with Crippen LogP contribution in [-0.2, 0) is 0 Å². The minimum absolute atomic E-state index is 0.0870. The van der Waals surface area contributed by atoms with Crippen LogP contribution >= 0.6 is 0 Å². The first-order valence-corrected chi connectivity index (χ1v) is 7.14. The lowest BCUT2D eigenvalue weighted by Crippen LogP contribution is -2.33. The molecule has 0 radical (unpaired) electrons. The van der Waals surface area contributed by atoms with Crippen LogP contribution in [0.1, 0.15) is 28.2 Å². The fourth-order valence-corrected chi connectivity index (χ4v) is 2.12. The van der Waals surface area contributed by atoms with Gasteiger partial charge < -0.3 is 10.6 Å². The number of hydrogen-bond acceptors (Lipinski definition) is 3. The van der Waals surface area contributed by atoms with Gasteiger partial charge in [-0.15, -0.1) is 0 Å². The molecule has 0 spiro atoms. The van der Waals surface area contributed by atoms with Gasteiger partial charge in [-0.3, -0.25) is 4.79 Å². The van der Waals surface area contributed by atoms with Crippen molar-refractivity contribution in [3.05, 3.63) is 59.4 Å². The summed E-state index contributed by atoms with van der Waals surface area (Å²) in [5.74, 6) is -0.0870. The first-order chi connectivity index (χ1) is 10.1. The van der Waals surface area contributed by atoms with Crippen molar-refractivity contribution in [1.82, 2.24) is 4.98 Å². The average molecular weight is 283 g/mol. The number of anilines is 1. The van der Waals surface area contributed by atoms with Gasteiger partial charge in [0.15, 0.2) is 0 Å². The summed E-state index contributed by atoms with van der Waals surface area (Å²) in [4.78, 5) is 18.8. The van der Waals surface area contributed by atoms with E-state index < -0.39 is 0 Å². The van der Waals surface area contributed by atoms with E-state index in [-0.39, 0.29) is 5.91 Å². The Balaban J connectivity index is 2.31. The minimum atomic E-state index is -0.0870. The van der Waals surface area contributed by atoms with Gasteiger partial charge in [-0.05, 0) is 51.1 Å². The van der Waals surface area contributed by atoms with Crippen LogP contribution in [0.5, 0.6) is 0 Å². The number of rotatable bonds is 5. The molecule has 0 atom stereocenters. The first kappa shape index (κ1) is 15.2. The van der Waals surface area contributed by atoms with Crippen molar-refractivity contribution in [3.63, 3.8) is 0 Å². The van der Waals surface area contributed by atoms with E-state index in [9.17, 15) is 4.79 Å². The molecule has 0 aliphatic rings. The van der Waals surface area contributed by atoms with Crippen LogP contribution in [0.3, 0.4) is 0 Å². The number of pyridine rings is 1. The van der Waals surface area contributed by atoms with Gasteiger partial charge in [0, 0.05) is 17.9 Å². The van der Waals surface area contributed by atoms with Crippen LogP contribution in [0.15, 0.2) is 42.5 Å². The summed E-state index contributed by atoms with van der Waals surface area (Å²) in [7, 11) is 0. The molecular weight excluding hydrogens is 262 g/mol. The molecule has 0 aliphatic heterocycles. The highest BCUT2D eigenvalue weighted by Gasteiger charge is 2.18. The van der Waals surface area contributed by atoms with E-state index in [4.69, 9.17) is 5.73 Å². The fraction of sp³-hybridized carbons (Fsp3) is 0.294. The molecule has 2 aromatic rings. The van der Waals surface area contributed by atoms with Gasteiger partial charge in [0.25, 0.3) is 5.91 Å². The van der Waals surface area contributed by atoms with Crippen molar-refractivity contribution in [2.75, 3.05) is 18.0 Å². The van der Waals surface area contributed by atoms with E-state index in [0.717, 1.165) is 17.8 Å². The average Bonchev–Trinajstić information content (AvgIpc) is 2.49. The normalized spacial score (nSPS) is 10.4. The quantitative estimate of drug-likeness (QED) is 0.917. The second kappa shape index (κ2) is 6.99. The van der Waals surface area contributed by atoms with Gasteiger partial charge in [-0.2, -0.15) is 0 Å². The number of aryl methyl sites for hydroxylation is 2. The van der Waals surface area contributed by atoms with Gasteiger partial charge in [0.1, 0.15) is 5.69 Å². The molecule has 2 N–H and O–H groups in total. The zero-order valence-electron chi connectivity index (χ0n) is 12.5. The van der Waals surface area contributed by atoms with Crippen molar-refractivity contribution in [1.29, 1.82) is 0 Å². The van der Waals surface area contributed by atoms with Crippen molar-refractivity contribution < 1.29 is 4.79 Å². The third kappa shape index (κ3) is 3.89. The summed E-state index contributed by atoms with van der Waals surface area (Å²) in [5, 5.41) is 0. The smallest absolute Gasteiger partial charge is 0.276 e. The second-order valence-corrected chi connectivity index (χ2v) is 5.10. The lowest BCUT2D eigenvalue weighted by molar-refractivity contribution is 0.0982. The van der Waals surface area contributed by atoms with Crippen LogP contribution in [0.25, 0.3) is 0 Å². The Bertz CT molecular complexity index is 608. The Labute approximate surface area is 125 Å². The zero-order valence-corrected chi connectivity index (χ0v) is 12.5. The Morgan fingerprint density at radius 3 is 2.48 bits per heavy atom. The third-order valence-corrected chi connectivity index (χ3v) is 3.28. The number of amides is 1. The van der Waals surface area contributed by atoms with Gasteiger partial charge in [0.2, 0.25) is 0 Å². The molecule has 0 saturated heterocycles. The molecule has 0 saturated carbocycles. The molecule has 1 heterocycles. The van der Waals surface area contributed by atoms with E-state index in [1.165, 1.54) is 5.56 Å². The van der Waals surface area contributed by atoms with Crippen LogP contribution in [0, 0.1) is 13.8 Å². The molecule has 4 nitrogen and oxygen atoms in total. The minimum Gasteiger partial charge on any atom is -0.330 e. The Morgan fingerprint density at radius 2 is 1.86 bits per heavy atom. The topological polar surface area (TPSA) is 59.2 Å². The number of benzene rings is 1. The molecule has 0 fully saturated rings. The van der Waals surface area contributed by atoms with E-state index >= 15 is 0 Å². The lowest BCUT2D eigenvalue weighted by Gasteiger charge is -2.22. The third-order valence-electron chi connectivity index (χ3n) is 3.28. The number of carbonyl (C=O) groups excluding carboxylic acids is 1. The Kier molecular flexibility index (Phi) is 5.06. The summed E-state index contributed by atoms with van der Waals surface area (Å²) in [6.45, 7) is 5.05. The Morgan fingerprint density at radius 1 is 1.14 bits per heavy atom. The Hall–Kier alpha value is -2.20. The molecular formula is C17H21N3O. The maximum atomic E-state index is 12.7. The van der Waals surface area contributed by atoms with E-state index in [0.29, 0.717) is 18.8 Å². The highest BCUT2D eigenvalue weighted by molar-refractivity contribution is 6.04. The molecule has 0 unspecified atom stereocenters. The number of aromatic nitrogens is 1. The summed E-state index contributed by atoms with van der Waals surface area (Å²) < 4.78 is 0. The van der Waals surface area contributed by atoms with Crippen LogP contribution in [-0.4, -0.2) is 24.0 Å². The van der Waals surface area contributed by atoms with Crippen LogP contribution < -0.4 is 10.6 Å². The van der Waals surface area contributed by atoms with Crippen LogP contribution in [0.4, 0.5) is 5.69 Å². The zero-order chi connectivity index (χ0) is 15.2. The molecule has 1 amide bonds. The first-order valence-electron chi connectivity index (χ1n) is 7.14. The number of hydrogen-bond donors (Lipinski definition) is 1. The van der Waals surface area contributed by atoms with E-state index in [1.54, 1.807) is 11.0 Å². The van der Waals surface area contributed by atoms with E-state index in [2.05, 4.69) is 4.98 Å². The van der Waals surface area contributed by atoms with Gasteiger partial charge >= 0.3 is 0 Å². The molecule has 4 heteroatoms. The number of nitrogens with zero attached hydrogens (tertiary/aromatic N) is 2. The van der Waals surface area contributed by atoms with Gasteiger partial charge in [0.05, 0.1) is 0 Å². The molecule has 110 valence electrons. The predicted octanol–water partition coefficient (Wildman–Crippen LogP) is 2.69. The second-order valence-electron chi connectivity index (χ2n) is 5.10. The van der Waals surface area contributed by atoms with Crippen molar-refractivity contribution >= 4 is 11.6 Å². The summed E-state index contributed by atoms with van der Waals surface area (Å²) in [6, 6.07) is 13.4. The molecule has 1 aromatic heterocycles. The SMILES string of the molecule is Cc1ccc(N(CCCN)C(=O)c2cccc(C)n2)cc1. The van der Waals surface area contributed by atoms with Gasteiger partial charge in [-0.1, -0.05) is 23.8 Å². The lowest BCUT2D eigenvalue weighted by atomic mass is 10.2. The highest BCUT2D eigenvalue weighted by atomic mass is 16.2. The van der Waals surface area contributed by atoms with Crippen molar-refractivity contribution in [2.45, 2.75) is 20.3 Å². The highest BCUT2D eigenvalue weighted by Crippen LogP contribution is 2.18. The molecule has 2 rings (SSSR count). The maximum absolute atomic E-state index is 12.7. The number of carbonyl (C=O) groups is 1. The molecule has 0 bridgehead atoms. The predicted molar refractivity (Wildman–Crippen MR) is 85.5 cm³/mol. The molecule has 0 aliphatic carbocycles. The monoisotopic (exact) mass is 283 g/mol. The molecule has 1 aromatic carbocycles. The standard InChI is InChI=1S/C17H21N3O/c1-13-7-9-15(10-8-13)20(12-4-11-18)17(21)16-6-3-5-14(2)19-16/h3,5-10H,4,11-12,18H2,1-2H3. The van der Waals surface area contributed by atoms with E-state index in [1.807, 2.05) is 50.2 Å². The summed E-state index contributed by atoms with van der Waals surface area (Å²) in [5.41, 5.74) is 8.93. The van der Waals surface area contributed by atoms with Crippen molar-refractivity contribution in [2.24, 2.45) is 5.73 Å². The summed E-state index contributed by atoms with van der Waals surface area (Å²) >= 11 is 0. The van der Waals surface area contributed by atoms with Crippen LogP contribution in [0.2, 0.25) is 0 Å². The fourth-order valence-electron chi connectivity index (χ4n) is 2.12. The molecule has 21 heavy (non-hydrogen) atoms. The van der Waals surface area contributed by atoms with Gasteiger partial charge in [-0.25, -0.2) is 4.98 Å². The summed E-state index contributed by atoms with van der Waals surface area (Å²) in [6.07, 6.45) is 0.755. The largest absolute Gasteiger partial charge is 0.330 e. The number of nitrogens with two attached hydrogens (primary N) is 1.